The van der Waals surface area contributed by atoms with E-state index < -0.39 is 0 Å². The summed E-state index contributed by atoms with van der Waals surface area (Å²) in [6.07, 6.45) is 2.44. The number of hydrogen-bond acceptors (Lipinski definition) is 5. The van der Waals surface area contributed by atoms with Crippen molar-refractivity contribution in [2.45, 2.75) is 33.6 Å². The second-order valence-electron chi connectivity index (χ2n) is 7.34. The highest BCUT2D eigenvalue weighted by Crippen LogP contribution is 2.31. The Morgan fingerprint density at radius 2 is 1.81 bits per heavy atom. The normalized spacial score (nSPS) is 14.2. The fraction of sp³-hybridized carbons (Fsp3) is 0.364. The molecule has 0 unspecified atom stereocenters. The van der Waals surface area contributed by atoms with Crippen LogP contribution in [0.4, 0.5) is 0 Å². The van der Waals surface area contributed by atoms with Crippen molar-refractivity contribution in [1.82, 2.24) is 14.3 Å². The zero-order valence-corrected chi connectivity index (χ0v) is 17.0. The maximum absolute atomic E-state index is 6.06. The molecule has 0 atom stereocenters. The van der Waals surface area contributed by atoms with Gasteiger partial charge in [0.05, 0.1) is 0 Å². The lowest BCUT2D eigenvalue weighted by atomic mass is 10.0. The maximum atomic E-state index is 6.06. The first kappa shape index (κ1) is 18.1. The standard InChI is InChI=1S/C22H25N3OS/c1-15-5-7-18(8-6-15)21-23-22(27-24-21)26-20-14-16(2)19(13-17(20)3)9-12-25-10-4-11-25/h5-8,13-14H,4,9-12H2,1-3H3. The van der Waals surface area contributed by atoms with Gasteiger partial charge in [-0.2, -0.15) is 9.36 Å². The molecule has 0 amide bonds. The molecule has 0 saturated carbocycles. The van der Waals surface area contributed by atoms with E-state index in [1.54, 1.807) is 0 Å². The molecule has 1 aliphatic heterocycles. The summed E-state index contributed by atoms with van der Waals surface area (Å²) in [5.41, 5.74) is 6.07. The van der Waals surface area contributed by atoms with Crippen LogP contribution in [0.5, 0.6) is 10.9 Å². The van der Waals surface area contributed by atoms with Gasteiger partial charge in [0.15, 0.2) is 5.82 Å². The van der Waals surface area contributed by atoms with Crippen LogP contribution in [0.15, 0.2) is 36.4 Å². The molecule has 1 fully saturated rings. The van der Waals surface area contributed by atoms with E-state index in [0.29, 0.717) is 5.19 Å². The van der Waals surface area contributed by atoms with Gasteiger partial charge in [-0.05, 0) is 69.5 Å². The number of benzene rings is 2. The maximum Gasteiger partial charge on any atom is 0.299 e. The third-order valence-corrected chi connectivity index (χ3v) is 5.79. The van der Waals surface area contributed by atoms with E-state index in [1.807, 2.05) is 12.1 Å². The molecule has 2 heterocycles. The average molecular weight is 380 g/mol. The van der Waals surface area contributed by atoms with Gasteiger partial charge in [-0.25, -0.2) is 0 Å². The average Bonchev–Trinajstić information content (AvgIpc) is 3.07. The fourth-order valence-electron chi connectivity index (χ4n) is 3.28. The molecule has 5 heteroatoms. The van der Waals surface area contributed by atoms with Crippen LogP contribution >= 0.6 is 11.5 Å². The van der Waals surface area contributed by atoms with E-state index in [0.717, 1.165) is 35.7 Å². The molecule has 3 aromatic rings. The van der Waals surface area contributed by atoms with Crippen molar-refractivity contribution in [3.05, 3.63) is 58.7 Å². The highest BCUT2D eigenvalue weighted by atomic mass is 32.1. The molecule has 1 aliphatic rings. The zero-order chi connectivity index (χ0) is 18.8. The van der Waals surface area contributed by atoms with Crippen LogP contribution in [0.25, 0.3) is 11.4 Å². The summed E-state index contributed by atoms with van der Waals surface area (Å²) in [6, 6.07) is 12.6. The first-order chi connectivity index (χ1) is 13.1. The molecule has 27 heavy (non-hydrogen) atoms. The van der Waals surface area contributed by atoms with Gasteiger partial charge in [-0.3, -0.25) is 0 Å². The van der Waals surface area contributed by atoms with Crippen molar-refractivity contribution in [2.24, 2.45) is 0 Å². The minimum absolute atomic E-state index is 0.585. The molecule has 2 aromatic carbocycles. The van der Waals surface area contributed by atoms with Gasteiger partial charge in [-0.15, -0.1) is 0 Å². The molecule has 0 spiro atoms. The lowest BCUT2D eigenvalue weighted by molar-refractivity contribution is 0.184. The van der Waals surface area contributed by atoms with E-state index >= 15 is 0 Å². The van der Waals surface area contributed by atoms with Gasteiger partial charge in [0, 0.05) is 23.6 Å². The van der Waals surface area contributed by atoms with Gasteiger partial charge in [-0.1, -0.05) is 35.9 Å². The van der Waals surface area contributed by atoms with Gasteiger partial charge < -0.3 is 9.64 Å². The summed E-state index contributed by atoms with van der Waals surface area (Å²) in [6.45, 7) is 9.99. The Bertz CT molecular complexity index is 929. The van der Waals surface area contributed by atoms with Crippen molar-refractivity contribution in [1.29, 1.82) is 0 Å². The Hall–Kier alpha value is -2.24. The molecule has 4 nitrogen and oxygen atoms in total. The Morgan fingerprint density at radius 1 is 1.04 bits per heavy atom. The van der Waals surface area contributed by atoms with Gasteiger partial charge in [0.1, 0.15) is 5.75 Å². The number of hydrogen-bond donors (Lipinski definition) is 0. The molecular formula is C22H25N3OS. The number of aromatic nitrogens is 2. The third-order valence-electron chi connectivity index (χ3n) is 5.19. The number of aryl methyl sites for hydroxylation is 3. The first-order valence-corrected chi connectivity index (χ1v) is 10.3. The summed E-state index contributed by atoms with van der Waals surface area (Å²) in [5.74, 6) is 1.59. The lowest BCUT2D eigenvalue weighted by Gasteiger charge is -2.30. The van der Waals surface area contributed by atoms with Crippen molar-refractivity contribution in [3.63, 3.8) is 0 Å². The van der Waals surface area contributed by atoms with Crippen LogP contribution in [0, 0.1) is 20.8 Å². The lowest BCUT2D eigenvalue weighted by Crippen LogP contribution is -2.38. The summed E-state index contributed by atoms with van der Waals surface area (Å²) >= 11 is 1.30. The molecule has 0 N–H and O–H groups in total. The van der Waals surface area contributed by atoms with E-state index in [4.69, 9.17) is 4.74 Å². The zero-order valence-electron chi connectivity index (χ0n) is 16.2. The molecule has 140 valence electrons. The Labute approximate surface area is 165 Å². The van der Waals surface area contributed by atoms with Gasteiger partial charge >= 0.3 is 0 Å². The Kier molecular flexibility index (Phi) is 5.23. The second kappa shape index (κ2) is 7.79. The summed E-state index contributed by atoms with van der Waals surface area (Å²) in [7, 11) is 0. The molecule has 0 aliphatic carbocycles. The van der Waals surface area contributed by atoms with Crippen LogP contribution < -0.4 is 4.74 Å². The summed E-state index contributed by atoms with van der Waals surface area (Å²) in [4.78, 5) is 7.06. The van der Waals surface area contributed by atoms with Crippen molar-refractivity contribution < 1.29 is 4.74 Å². The van der Waals surface area contributed by atoms with Gasteiger partial charge in [0.25, 0.3) is 5.19 Å². The van der Waals surface area contributed by atoms with Crippen LogP contribution in [-0.4, -0.2) is 33.9 Å². The molecule has 0 radical (unpaired) electrons. The predicted octanol–water partition coefficient (Wildman–Crippen LogP) is 5.17. The number of nitrogens with zero attached hydrogens (tertiary/aromatic N) is 3. The minimum Gasteiger partial charge on any atom is -0.430 e. The van der Waals surface area contributed by atoms with Crippen molar-refractivity contribution in [3.8, 4) is 22.3 Å². The third kappa shape index (κ3) is 4.20. The summed E-state index contributed by atoms with van der Waals surface area (Å²) in [5, 5.41) is 0.585. The Balaban J connectivity index is 1.47. The SMILES string of the molecule is Cc1ccc(-c2nsc(Oc3cc(C)c(CCN4CCC4)cc3C)n2)cc1. The first-order valence-electron chi connectivity index (χ1n) is 9.49. The van der Waals surface area contributed by atoms with E-state index in [-0.39, 0.29) is 0 Å². The number of ether oxygens (including phenoxy) is 1. The largest absolute Gasteiger partial charge is 0.430 e. The number of likely N-dealkylation sites (tertiary alicyclic amines) is 1. The van der Waals surface area contributed by atoms with Crippen molar-refractivity contribution >= 4 is 11.5 Å². The molecule has 0 bridgehead atoms. The molecule has 1 aromatic heterocycles. The van der Waals surface area contributed by atoms with Crippen molar-refractivity contribution in [2.75, 3.05) is 19.6 Å². The highest BCUT2D eigenvalue weighted by Gasteiger charge is 2.15. The van der Waals surface area contributed by atoms with Crippen LogP contribution in [0.2, 0.25) is 0 Å². The van der Waals surface area contributed by atoms with E-state index in [1.165, 1.54) is 47.7 Å². The predicted molar refractivity (Wildman–Crippen MR) is 111 cm³/mol. The molecule has 4 rings (SSSR count). The minimum atomic E-state index is 0.585. The second-order valence-corrected chi connectivity index (χ2v) is 8.06. The topological polar surface area (TPSA) is 38.2 Å². The van der Waals surface area contributed by atoms with E-state index in [9.17, 15) is 0 Å². The fourth-order valence-corrected chi connectivity index (χ4v) is 3.84. The van der Waals surface area contributed by atoms with E-state index in [2.05, 4.69) is 59.3 Å². The van der Waals surface area contributed by atoms with Crippen LogP contribution in [0.1, 0.15) is 28.7 Å². The quantitative estimate of drug-likeness (QED) is 0.592. The monoisotopic (exact) mass is 379 g/mol. The molecule has 1 saturated heterocycles. The number of rotatable bonds is 6. The summed E-state index contributed by atoms with van der Waals surface area (Å²) < 4.78 is 10.5. The van der Waals surface area contributed by atoms with Crippen LogP contribution in [-0.2, 0) is 6.42 Å². The van der Waals surface area contributed by atoms with Crippen LogP contribution in [0.3, 0.4) is 0 Å². The Morgan fingerprint density at radius 3 is 2.52 bits per heavy atom. The molecular weight excluding hydrogens is 354 g/mol. The smallest absolute Gasteiger partial charge is 0.299 e. The van der Waals surface area contributed by atoms with Gasteiger partial charge in [0.2, 0.25) is 0 Å². The highest BCUT2D eigenvalue weighted by molar-refractivity contribution is 7.07.